The zero-order valence-electron chi connectivity index (χ0n) is 14.8. The number of nitrogens with zero attached hydrogens (tertiary/aromatic N) is 1. The van der Waals surface area contributed by atoms with E-state index >= 15 is 0 Å². The van der Waals surface area contributed by atoms with Crippen molar-refractivity contribution in [1.82, 2.24) is 10.4 Å². The second-order valence-corrected chi connectivity index (χ2v) is 9.18. The fourth-order valence-corrected chi connectivity index (χ4v) is 3.75. The molecule has 2 aliphatic heterocycles. The van der Waals surface area contributed by atoms with Gasteiger partial charge in [0.1, 0.15) is 4.87 Å². The van der Waals surface area contributed by atoms with E-state index in [0.29, 0.717) is 6.61 Å². The van der Waals surface area contributed by atoms with E-state index in [2.05, 4.69) is 52.1 Å². The molecule has 3 rings (SSSR count). The number of rotatable bonds is 1. The van der Waals surface area contributed by atoms with Gasteiger partial charge in [0, 0.05) is 11.1 Å². The molecular formula is C18H27ClN2O2. The van der Waals surface area contributed by atoms with Crippen LogP contribution in [0.4, 0.5) is 0 Å². The van der Waals surface area contributed by atoms with E-state index in [1.54, 1.807) is 0 Å². The first-order valence-electron chi connectivity index (χ1n) is 8.14. The van der Waals surface area contributed by atoms with E-state index in [1.165, 1.54) is 0 Å². The molecule has 128 valence electrons. The predicted molar refractivity (Wildman–Crippen MR) is 92.0 cm³/mol. The largest absolute Gasteiger partial charge is 0.333 e. The Hall–Kier alpha value is -0.650. The van der Waals surface area contributed by atoms with E-state index in [4.69, 9.17) is 21.2 Å². The molecule has 0 unspecified atom stereocenters. The first-order chi connectivity index (χ1) is 10.5. The quantitative estimate of drug-likeness (QED) is 0.789. The monoisotopic (exact) mass is 338 g/mol. The van der Waals surface area contributed by atoms with Crippen molar-refractivity contribution in [2.45, 2.75) is 69.4 Å². The summed E-state index contributed by atoms with van der Waals surface area (Å²) >= 11 is 7.11. The molecule has 0 aromatic heterocycles. The highest BCUT2D eigenvalue weighted by Gasteiger charge is 2.69. The average molecular weight is 339 g/mol. The topological polar surface area (TPSA) is 33.7 Å². The highest BCUT2D eigenvalue weighted by atomic mass is 35.5. The normalized spacial score (nSPS) is 37.6. The lowest BCUT2D eigenvalue weighted by molar-refractivity contribution is -0.325. The van der Waals surface area contributed by atoms with Crippen molar-refractivity contribution in [3.8, 4) is 0 Å². The maximum absolute atomic E-state index is 7.11. The van der Waals surface area contributed by atoms with Crippen molar-refractivity contribution in [3.63, 3.8) is 0 Å². The standard InChI is InChI=1S/C18H27ClN2O2/c1-15(2,3)21-14(13-10-8-7-9-11-13)17(6,19)18(23-21)20-16(4,5)12-22-18/h7-11,14,20H,12H2,1-6H3/t14-,17+,18-/m1/s1. The summed E-state index contributed by atoms with van der Waals surface area (Å²) in [5, 5.41) is 5.46. The molecule has 0 radical (unpaired) electrons. The third-order valence-corrected chi connectivity index (χ3v) is 4.99. The average Bonchev–Trinajstić information content (AvgIpc) is 2.86. The minimum atomic E-state index is -1.04. The molecule has 23 heavy (non-hydrogen) atoms. The highest BCUT2D eigenvalue weighted by Crippen LogP contribution is 2.56. The molecule has 0 bridgehead atoms. The van der Waals surface area contributed by atoms with E-state index < -0.39 is 10.8 Å². The van der Waals surface area contributed by atoms with Gasteiger partial charge in [-0.2, -0.15) is 5.06 Å². The molecule has 0 amide bonds. The van der Waals surface area contributed by atoms with E-state index in [0.717, 1.165) is 5.56 Å². The Morgan fingerprint density at radius 3 is 2.26 bits per heavy atom. The van der Waals surface area contributed by atoms with Gasteiger partial charge in [0.05, 0.1) is 12.6 Å². The van der Waals surface area contributed by atoms with Crippen molar-refractivity contribution in [2.24, 2.45) is 0 Å². The van der Waals surface area contributed by atoms with E-state index in [-0.39, 0.29) is 17.1 Å². The van der Waals surface area contributed by atoms with Gasteiger partial charge in [-0.15, -0.1) is 11.6 Å². The lowest BCUT2D eigenvalue weighted by Gasteiger charge is -2.36. The van der Waals surface area contributed by atoms with E-state index in [1.807, 2.05) is 30.2 Å². The van der Waals surface area contributed by atoms with Gasteiger partial charge in [0.2, 0.25) is 0 Å². The number of hydrogen-bond acceptors (Lipinski definition) is 4. The van der Waals surface area contributed by atoms with Crippen molar-refractivity contribution in [3.05, 3.63) is 35.9 Å². The number of hydrogen-bond donors (Lipinski definition) is 1. The van der Waals surface area contributed by atoms with Crippen molar-refractivity contribution in [1.29, 1.82) is 0 Å². The number of halogens is 1. The Morgan fingerprint density at radius 2 is 1.78 bits per heavy atom. The Labute approximate surface area is 144 Å². The number of ether oxygens (including phenoxy) is 1. The Balaban J connectivity index is 2.09. The molecule has 1 aromatic carbocycles. The third kappa shape index (κ3) is 2.71. The molecule has 5 heteroatoms. The van der Waals surface area contributed by atoms with Crippen LogP contribution in [-0.2, 0) is 9.57 Å². The molecule has 0 saturated carbocycles. The van der Waals surface area contributed by atoms with Crippen molar-refractivity contribution in [2.75, 3.05) is 6.61 Å². The van der Waals surface area contributed by atoms with Gasteiger partial charge in [-0.05, 0) is 47.1 Å². The molecule has 0 aliphatic carbocycles. The predicted octanol–water partition coefficient (Wildman–Crippen LogP) is 3.82. The zero-order chi connectivity index (χ0) is 17.1. The van der Waals surface area contributed by atoms with Crippen LogP contribution in [0, 0.1) is 0 Å². The maximum atomic E-state index is 7.11. The van der Waals surface area contributed by atoms with Crippen LogP contribution in [0.15, 0.2) is 30.3 Å². The molecule has 3 atom stereocenters. The molecule has 2 aliphatic rings. The highest BCUT2D eigenvalue weighted by molar-refractivity contribution is 6.25. The van der Waals surface area contributed by atoms with Crippen LogP contribution in [0.3, 0.4) is 0 Å². The Kier molecular flexibility index (Phi) is 3.86. The Morgan fingerprint density at radius 1 is 1.17 bits per heavy atom. The van der Waals surface area contributed by atoms with Crippen molar-refractivity contribution >= 4 is 11.6 Å². The molecule has 2 saturated heterocycles. The molecule has 1 aromatic rings. The fourth-order valence-electron chi connectivity index (χ4n) is 3.40. The van der Waals surface area contributed by atoms with Crippen LogP contribution in [0.25, 0.3) is 0 Å². The summed E-state index contributed by atoms with van der Waals surface area (Å²) < 4.78 is 6.10. The molecular weight excluding hydrogens is 312 g/mol. The maximum Gasteiger partial charge on any atom is 0.267 e. The van der Waals surface area contributed by atoms with Gasteiger partial charge in [-0.25, -0.2) is 4.84 Å². The van der Waals surface area contributed by atoms with Gasteiger partial charge >= 0.3 is 0 Å². The molecule has 2 fully saturated rings. The fraction of sp³-hybridized carbons (Fsp3) is 0.667. The zero-order valence-corrected chi connectivity index (χ0v) is 15.6. The second kappa shape index (κ2) is 5.17. The summed E-state index contributed by atoms with van der Waals surface area (Å²) in [7, 11) is 0. The molecule has 4 nitrogen and oxygen atoms in total. The smallest absolute Gasteiger partial charge is 0.267 e. The van der Waals surface area contributed by atoms with Gasteiger partial charge < -0.3 is 4.74 Å². The minimum absolute atomic E-state index is 0.133. The second-order valence-electron chi connectivity index (χ2n) is 8.39. The first-order valence-corrected chi connectivity index (χ1v) is 8.52. The number of hydroxylamine groups is 2. The number of nitrogens with one attached hydrogen (secondary N) is 1. The summed E-state index contributed by atoms with van der Waals surface area (Å²) in [5.74, 6) is -1.04. The van der Waals surface area contributed by atoms with Crippen molar-refractivity contribution < 1.29 is 9.57 Å². The lowest BCUT2D eigenvalue weighted by Crippen LogP contribution is -2.59. The summed E-state index contributed by atoms with van der Waals surface area (Å²) in [5.41, 5.74) is 0.704. The van der Waals surface area contributed by atoms with Crippen LogP contribution < -0.4 is 5.32 Å². The summed E-state index contributed by atoms with van der Waals surface area (Å²) in [6, 6.07) is 10.1. The SMILES string of the molecule is CC1(C)CO[C@@]2(N1)ON(C(C)(C)C)[C@H](c1ccccc1)[C@]2(C)Cl. The van der Waals surface area contributed by atoms with Crippen LogP contribution in [0.2, 0.25) is 0 Å². The van der Waals surface area contributed by atoms with E-state index in [9.17, 15) is 0 Å². The van der Waals surface area contributed by atoms with Gasteiger partial charge in [-0.3, -0.25) is 5.32 Å². The summed E-state index contributed by atoms with van der Waals surface area (Å²) in [4.78, 5) is 5.58. The van der Waals surface area contributed by atoms with Gasteiger partial charge in [0.25, 0.3) is 5.91 Å². The van der Waals surface area contributed by atoms with Crippen LogP contribution >= 0.6 is 11.6 Å². The molecule has 2 heterocycles. The third-order valence-electron chi connectivity index (χ3n) is 4.53. The lowest BCUT2D eigenvalue weighted by atomic mass is 9.89. The summed E-state index contributed by atoms with van der Waals surface area (Å²) in [6.45, 7) is 13.1. The number of benzene rings is 1. The first kappa shape index (κ1) is 17.2. The Bertz CT molecular complexity index is 582. The number of alkyl halides is 1. The van der Waals surface area contributed by atoms with Gasteiger partial charge in [-0.1, -0.05) is 30.3 Å². The van der Waals surface area contributed by atoms with Gasteiger partial charge in [0.15, 0.2) is 0 Å². The minimum Gasteiger partial charge on any atom is -0.333 e. The van der Waals surface area contributed by atoms with Crippen LogP contribution in [0.1, 0.15) is 53.1 Å². The van der Waals surface area contributed by atoms with Crippen LogP contribution in [-0.4, -0.2) is 33.5 Å². The molecule has 1 spiro atoms. The van der Waals surface area contributed by atoms with Crippen LogP contribution in [0.5, 0.6) is 0 Å². The summed E-state index contributed by atoms with van der Waals surface area (Å²) in [6.07, 6.45) is 0. The molecule has 1 N–H and O–H groups in total.